The van der Waals surface area contributed by atoms with E-state index in [1.165, 1.54) is 11.5 Å². The fourth-order valence-electron chi connectivity index (χ4n) is 3.47. The van der Waals surface area contributed by atoms with Crippen LogP contribution in [0.15, 0.2) is 72.4 Å². The van der Waals surface area contributed by atoms with Crippen LogP contribution in [0, 0.1) is 6.92 Å². The molecule has 0 radical (unpaired) electrons. The number of hydrogen-bond acceptors (Lipinski definition) is 9. The van der Waals surface area contributed by atoms with Gasteiger partial charge < -0.3 is 15.3 Å². The zero-order chi connectivity index (χ0) is 22.9. The van der Waals surface area contributed by atoms with Gasteiger partial charge in [-0.15, -0.1) is 10.2 Å². The molecule has 0 aliphatic heterocycles. The van der Waals surface area contributed by atoms with E-state index in [4.69, 9.17) is 0 Å². The topological polar surface area (TPSA) is 122 Å². The van der Waals surface area contributed by atoms with Crippen molar-refractivity contribution in [1.82, 2.24) is 44.5 Å². The summed E-state index contributed by atoms with van der Waals surface area (Å²) in [6.45, 7) is 1.87. The minimum Gasteiger partial charge on any atom is -0.364 e. The van der Waals surface area contributed by atoms with E-state index in [0.717, 1.165) is 33.9 Å². The summed E-state index contributed by atoms with van der Waals surface area (Å²) in [5, 5.41) is 19.0. The van der Waals surface area contributed by atoms with Crippen LogP contribution in [0.5, 0.6) is 0 Å². The molecule has 0 unspecified atom stereocenters. The molecule has 0 N–H and O–H groups in total. The molecule has 0 aliphatic carbocycles. The van der Waals surface area contributed by atoms with E-state index in [2.05, 4.69) is 45.2 Å². The van der Waals surface area contributed by atoms with Crippen LogP contribution in [0.1, 0.15) is 5.82 Å². The van der Waals surface area contributed by atoms with E-state index in [-0.39, 0.29) is 18.9 Å². The maximum atomic E-state index is 4.61. The average Bonchev–Trinajstić information content (AvgIpc) is 3.55. The van der Waals surface area contributed by atoms with E-state index in [1.54, 1.807) is 17.1 Å². The third kappa shape index (κ3) is 4.65. The van der Waals surface area contributed by atoms with Gasteiger partial charge in [-0.3, -0.25) is 0 Å². The van der Waals surface area contributed by atoms with Crippen LogP contribution in [0.25, 0.3) is 44.7 Å². The minimum absolute atomic E-state index is 0. The Hall–Kier alpha value is -4.04. The second kappa shape index (κ2) is 9.67. The van der Waals surface area contributed by atoms with Gasteiger partial charge in [0.2, 0.25) is 0 Å². The molecule has 0 saturated heterocycles. The van der Waals surface area contributed by atoms with Crippen LogP contribution in [-0.4, -0.2) is 44.5 Å². The second-order valence-electron chi connectivity index (χ2n) is 7.37. The van der Waals surface area contributed by atoms with E-state index < -0.39 is 0 Å². The SMILES string of the molecule is Cc1nccc(-c2cccc(-n3nnc4cnc([N-]c5ccc(-c6csnn6)cc5)nc43)c2)n1.[Li+]. The monoisotopic (exact) mass is 470 g/mol. The Morgan fingerprint density at radius 3 is 2.57 bits per heavy atom. The van der Waals surface area contributed by atoms with Crippen molar-refractivity contribution in [3.63, 3.8) is 0 Å². The Kier molecular flexibility index (Phi) is 6.28. The summed E-state index contributed by atoms with van der Waals surface area (Å²) >= 11 is 1.32. The summed E-state index contributed by atoms with van der Waals surface area (Å²) in [6, 6.07) is 17.4. The van der Waals surface area contributed by atoms with Crippen LogP contribution in [-0.2, 0) is 0 Å². The second-order valence-corrected chi connectivity index (χ2v) is 7.98. The van der Waals surface area contributed by atoms with Gasteiger partial charge in [-0.2, -0.15) is 0 Å². The molecule has 6 aromatic rings. The molecule has 35 heavy (non-hydrogen) atoms. The van der Waals surface area contributed by atoms with Gasteiger partial charge in [0, 0.05) is 28.7 Å². The molecule has 0 fully saturated rings. The van der Waals surface area contributed by atoms with Gasteiger partial charge in [-0.25, -0.2) is 14.6 Å². The van der Waals surface area contributed by atoms with Gasteiger partial charge in [-0.1, -0.05) is 46.1 Å². The molecule has 10 nitrogen and oxygen atoms in total. The Bertz CT molecular complexity index is 1600. The largest absolute Gasteiger partial charge is 1.00 e. The van der Waals surface area contributed by atoms with E-state index in [0.29, 0.717) is 22.9 Å². The summed E-state index contributed by atoms with van der Waals surface area (Å²) in [5.74, 6) is 1.03. The average molecular weight is 470 g/mol. The third-order valence-corrected chi connectivity index (χ3v) is 5.60. The van der Waals surface area contributed by atoms with Gasteiger partial charge in [0.15, 0.2) is 0 Å². The molecule has 164 valence electrons. The van der Waals surface area contributed by atoms with Crippen molar-refractivity contribution in [2.45, 2.75) is 6.92 Å². The van der Waals surface area contributed by atoms with Gasteiger partial charge in [0.1, 0.15) is 22.7 Å². The predicted molar refractivity (Wildman–Crippen MR) is 128 cm³/mol. The zero-order valence-corrected chi connectivity index (χ0v) is 19.6. The standard InChI is InChI=1S/C23H15N10S.Li/c1-14-24-10-9-19(26-14)16-3-2-4-18(11-16)33-22-20(29-31-33)12-25-23(28-22)27-17-7-5-15(6-8-17)21-13-34-32-30-21;/h2-13H,1H3;/q-1;+1. The van der Waals surface area contributed by atoms with Crippen LogP contribution in [0.3, 0.4) is 0 Å². The fourth-order valence-corrected chi connectivity index (χ4v) is 3.94. The van der Waals surface area contributed by atoms with Crippen LogP contribution < -0.4 is 18.9 Å². The molecular formula is C23H15LiN10S. The van der Waals surface area contributed by atoms with Crippen LogP contribution in [0.2, 0.25) is 0 Å². The maximum absolute atomic E-state index is 4.61. The molecule has 2 aromatic carbocycles. The van der Waals surface area contributed by atoms with Crippen LogP contribution in [0.4, 0.5) is 11.6 Å². The molecular weight excluding hydrogens is 455 g/mol. The first-order chi connectivity index (χ1) is 16.7. The van der Waals surface area contributed by atoms with Crippen molar-refractivity contribution in [1.29, 1.82) is 0 Å². The van der Waals surface area contributed by atoms with Crippen molar-refractivity contribution >= 4 is 34.3 Å². The summed E-state index contributed by atoms with van der Waals surface area (Å²) in [5.41, 5.74) is 6.27. The Labute approximate surface area is 215 Å². The molecule has 6 rings (SSSR count). The van der Waals surface area contributed by atoms with E-state index >= 15 is 0 Å². The molecule has 0 atom stereocenters. The van der Waals surface area contributed by atoms with Crippen molar-refractivity contribution in [2.24, 2.45) is 0 Å². The van der Waals surface area contributed by atoms with Gasteiger partial charge in [-0.05, 0) is 48.5 Å². The van der Waals surface area contributed by atoms with E-state index in [1.807, 2.05) is 66.9 Å². The van der Waals surface area contributed by atoms with E-state index in [9.17, 15) is 0 Å². The number of benzene rings is 2. The summed E-state index contributed by atoms with van der Waals surface area (Å²) in [7, 11) is 0. The minimum atomic E-state index is 0. The molecule has 0 bridgehead atoms. The first-order valence-corrected chi connectivity index (χ1v) is 11.1. The number of aromatic nitrogens is 9. The maximum Gasteiger partial charge on any atom is 1.00 e. The van der Waals surface area contributed by atoms with Crippen molar-refractivity contribution < 1.29 is 18.9 Å². The number of rotatable bonds is 5. The van der Waals surface area contributed by atoms with Crippen LogP contribution >= 0.6 is 11.5 Å². The Morgan fingerprint density at radius 2 is 1.77 bits per heavy atom. The number of hydrogen-bond donors (Lipinski definition) is 0. The van der Waals surface area contributed by atoms with Gasteiger partial charge >= 0.3 is 18.9 Å². The molecule has 4 aromatic heterocycles. The number of aryl methyl sites for hydroxylation is 1. The molecule has 0 spiro atoms. The zero-order valence-electron chi connectivity index (χ0n) is 18.8. The Balaban J connectivity index is 0.00000253. The molecule has 0 amide bonds. The third-order valence-electron chi connectivity index (χ3n) is 5.09. The molecule has 4 heterocycles. The smallest absolute Gasteiger partial charge is 0.364 e. The quantitative estimate of drug-likeness (QED) is 0.350. The predicted octanol–water partition coefficient (Wildman–Crippen LogP) is 1.84. The van der Waals surface area contributed by atoms with Crippen molar-refractivity contribution in [3.05, 3.63) is 83.5 Å². The number of nitrogens with zero attached hydrogens (tertiary/aromatic N) is 10. The van der Waals surface area contributed by atoms with Gasteiger partial charge in [0.05, 0.1) is 11.4 Å². The summed E-state index contributed by atoms with van der Waals surface area (Å²) in [6.07, 6.45) is 3.37. The summed E-state index contributed by atoms with van der Waals surface area (Å²) < 4.78 is 5.57. The number of fused-ring (bicyclic) bond motifs is 1. The fraction of sp³-hybridized carbons (Fsp3) is 0.0435. The first kappa shape index (κ1) is 22.7. The molecule has 12 heteroatoms. The van der Waals surface area contributed by atoms with Gasteiger partial charge in [0.25, 0.3) is 0 Å². The van der Waals surface area contributed by atoms with Crippen molar-refractivity contribution in [2.75, 3.05) is 0 Å². The van der Waals surface area contributed by atoms with Crippen molar-refractivity contribution in [3.8, 4) is 28.2 Å². The molecule has 0 aliphatic rings. The Morgan fingerprint density at radius 1 is 0.886 bits per heavy atom. The normalized spacial score (nSPS) is 10.8. The first-order valence-electron chi connectivity index (χ1n) is 10.3. The molecule has 0 saturated carbocycles. The summed E-state index contributed by atoms with van der Waals surface area (Å²) in [4.78, 5) is 17.6.